The van der Waals surface area contributed by atoms with E-state index < -0.39 is 28.5 Å². The van der Waals surface area contributed by atoms with Crippen LogP contribution in [-0.4, -0.2) is 57.6 Å². The summed E-state index contributed by atoms with van der Waals surface area (Å²) in [6.45, 7) is 10.5. The van der Waals surface area contributed by atoms with E-state index in [2.05, 4.69) is 21.9 Å². The van der Waals surface area contributed by atoms with Crippen molar-refractivity contribution < 1.29 is 13.6 Å². The zero-order valence-electron chi connectivity index (χ0n) is 25.2. The van der Waals surface area contributed by atoms with Crippen molar-refractivity contribution in [3.05, 3.63) is 79.4 Å². The number of rotatable bonds is 4. The van der Waals surface area contributed by atoms with Gasteiger partial charge in [0.15, 0.2) is 11.6 Å². The number of nitrogens with zero attached hydrogens (tertiary/aromatic N) is 5. The molecular weight excluding hydrogens is 659 g/mol. The third-order valence-corrected chi connectivity index (χ3v) is 9.56. The van der Waals surface area contributed by atoms with Crippen LogP contribution in [0.25, 0.3) is 27.7 Å². The summed E-state index contributed by atoms with van der Waals surface area (Å²) in [5.41, 5.74) is 5.90. The van der Waals surface area contributed by atoms with Crippen LogP contribution in [0.15, 0.2) is 35.8 Å². The number of aryl methyl sites for hydroxylation is 1. The van der Waals surface area contributed by atoms with Gasteiger partial charge in [-0.15, -0.1) is 0 Å². The smallest absolute Gasteiger partial charge is 0.354 e. The molecule has 1 unspecified atom stereocenters. The largest absolute Gasteiger partial charge is 0.397 e. The quantitative estimate of drug-likeness (QED) is 0.139. The maximum absolute atomic E-state index is 17.5. The van der Waals surface area contributed by atoms with Gasteiger partial charge in [0.25, 0.3) is 0 Å². The predicted molar refractivity (Wildman–Crippen MR) is 180 cm³/mol. The second-order valence-corrected chi connectivity index (χ2v) is 12.9. The molecule has 1 fully saturated rings. The third-order valence-electron chi connectivity index (χ3n) is 8.60. The molecule has 2 aliphatic heterocycles. The maximum atomic E-state index is 17.5. The van der Waals surface area contributed by atoms with Gasteiger partial charge in [0.2, 0.25) is 5.91 Å². The van der Waals surface area contributed by atoms with Gasteiger partial charge in [-0.2, -0.15) is 4.98 Å². The minimum atomic E-state index is -1.02. The van der Waals surface area contributed by atoms with Crippen LogP contribution in [0.3, 0.4) is 0 Å². The molecule has 1 amide bonds. The molecule has 9 nitrogen and oxygen atoms in total. The van der Waals surface area contributed by atoms with Gasteiger partial charge in [0.05, 0.1) is 43.2 Å². The number of benzene rings is 2. The number of aromatic nitrogens is 3. The number of halogens is 5. The highest BCUT2D eigenvalue weighted by molar-refractivity contribution is 6.40. The maximum Gasteiger partial charge on any atom is 0.354 e. The molecule has 1 saturated heterocycles. The standard InChI is InChI=1S/C32H30Cl3F2N7O2/c1-5-19(45)42-10-11-43-16(13-42)7-9-40-28-22-30(25(37)20(23(28)35)21-24(36)17(33)12-18(34)26(21)38)44(32(46)41-31(22)43)29-15(4)6-8-39-27(29)14(2)3/h5-6,8,12,14,16,40H,1,7,9-11,13,38H2,2-4H3. The molecule has 1 atom stereocenters. The van der Waals surface area contributed by atoms with Gasteiger partial charge in [-0.1, -0.05) is 55.2 Å². The number of hydrogen-bond acceptors (Lipinski definition) is 7. The van der Waals surface area contributed by atoms with E-state index in [4.69, 9.17) is 40.5 Å². The molecule has 0 spiro atoms. The van der Waals surface area contributed by atoms with Crippen molar-refractivity contribution in [1.82, 2.24) is 19.4 Å². The number of carbonyl (C=O) groups is 1. The molecule has 3 N–H and O–H groups in total. The average molecular weight is 689 g/mol. The fourth-order valence-corrected chi connectivity index (χ4v) is 7.21. The Bertz CT molecular complexity index is 1990. The monoisotopic (exact) mass is 687 g/mol. The van der Waals surface area contributed by atoms with Crippen molar-refractivity contribution >= 4 is 68.8 Å². The number of amides is 1. The molecule has 6 rings (SSSR count). The Morgan fingerprint density at radius 1 is 1.17 bits per heavy atom. The molecule has 0 aliphatic carbocycles. The Kier molecular flexibility index (Phi) is 8.37. The van der Waals surface area contributed by atoms with Crippen molar-refractivity contribution in [2.45, 2.75) is 39.2 Å². The summed E-state index contributed by atoms with van der Waals surface area (Å²) in [4.78, 5) is 39.4. The van der Waals surface area contributed by atoms with Crippen molar-refractivity contribution in [1.29, 1.82) is 0 Å². The molecule has 0 radical (unpaired) electrons. The number of carbonyl (C=O) groups excluding carboxylic acids is 1. The lowest BCUT2D eigenvalue weighted by molar-refractivity contribution is -0.126. The van der Waals surface area contributed by atoms with Crippen LogP contribution in [-0.2, 0) is 4.79 Å². The molecule has 4 heterocycles. The number of pyridine rings is 1. The van der Waals surface area contributed by atoms with Crippen LogP contribution in [0.4, 0.5) is 26.0 Å². The normalized spacial score (nSPS) is 16.2. The first-order valence-corrected chi connectivity index (χ1v) is 15.8. The van der Waals surface area contributed by atoms with Crippen LogP contribution in [0.5, 0.6) is 0 Å². The van der Waals surface area contributed by atoms with Crippen LogP contribution in [0, 0.1) is 18.6 Å². The highest BCUT2D eigenvalue weighted by Gasteiger charge is 2.37. The number of fused-ring (bicyclic) bond motifs is 2. The lowest BCUT2D eigenvalue weighted by Gasteiger charge is -2.43. The minimum Gasteiger partial charge on any atom is -0.397 e. The third kappa shape index (κ3) is 4.96. The van der Waals surface area contributed by atoms with Crippen molar-refractivity contribution in [2.24, 2.45) is 0 Å². The van der Waals surface area contributed by atoms with Gasteiger partial charge >= 0.3 is 5.69 Å². The van der Waals surface area contributed by atoms with E-state index >= 15 is 8.78 Å². The van der Waals surface area contributed by atoms with Gasteiger partial charge in [-0.05, 0) is 43.0 Å². The van der Waals surface area contributed by atoms with E-state index in [-0.39, 0.29) is 61.0 Å². The summed E-state index contributed by atoms with van der Waals surface area (Å²) in [6.07, 6.45) is 3.39. The Labute approximate surface area is 278 Å². The zero-order chi connectivity index (χ0) is 33.2. The molecule has 240 valence electrons. The summed E-state index contributed by atoms with van der Waals surface area (Å²) < 4.78 is 34.5. The predicted octanol–water partition coefficient (Wildman–Crippen LogP) is 6.72. The van der Waals surface area contributed by atoms with E-state index in [0.717, 1.165) is 6.07 Å². The van der Waals surface area contributed by atoms with E-state index in [1.54, 1.807) is 24.1 Å². The second-order valence-electron chi connectivity index (χ2n) is 11.7. The number of hydrogen-bond donors (Lipinski definition) is 2. The molecule has 2 aromatic heterocycles. The Balaban J connectivity index is 1.79. The van der Waals surface area contributed by atoms with Crippen LogP contribution in [0.1, 0.15) is 37.4 Å². The van der Waals surface area contributed by atoms with Gasteiger partial charge in [-0.25, -0.2) is 13.6 Å². The minimum absolute atomic E-state index is 0.0969. The van der Waals surface area contributed by atoms with Gasteiger partial charge in [-0.3, -0.25) is 14.3 Å². The fourth-order valence-electron chi connectivity index (χ4n) is 6.41. The summed E-state index contributed by atoms with van der Waals surface area (Å²) in [5, 5.41) is 2.84. The first-order chi connectivity index (χ1) is 21.9. The van der Waals surface area contributed by atoms with E-state index in [1.807, 2.05) is 18.7 Å². The summed E-state index contributed by atoms with van der Waals surface area (Å²) >= 11 is 19.5. The SMILES string of the molecule is C=CC(=O)N1CCN2c3nc(=O)n(-c4c(C)ccnc4C(C)C)c4c(F)c(-c5c(N)c(Cl)cc(Cl)c5F)c(Cl)c(c34)NCCC2C1. The van der Waals surface area contributed by atoms with Crippen molar-refractivity contribution in [2.75, 3.05) is 42.1 Å². The molecule has 0 saturated carbocycles. The Hall–Kier alpha value is -3.93. The molecule has 14 heteroatoms. The average Bonchev–Trinajstić information content (AvgIpc) is 3.01. The summed E-state index contributed by atoms with van der Waals surface area (Å²) in [6, 6.07) is 2.58. The Morgan fingerprint density at radius 2 is 1.91 bits per heavy atom. The van der Waals surface area contributed by atoms with E-state index in [9.17, 15) is 9.59 Å². The lowest BCUT2D eigenvalue weighted by atomic mass is 9.96. The van der Waals surface area contributed by atoms with Crippen molar-refractivity contribution in [3.63, 3.8) is 0 Å². The fraction of sp³-hybridized carbons (Fsp3) is 0.312. The second kappa shape index (κ2) is 12.0. The van der Waals surface area contributed by atoms with Gasteiger partial charge in [0, 0.05) is 49.5 Å². The van der Waals surface area contributed by atoms with Gasteiger partial charge < -0.3 is 20.9 Å². The summed E-state index contributed by atoms with van der Waals surface area (Å²) in [5.74, 6) is -2.23. The number of piperazine rings is 1. The number of nitrogens with one attached hydrogen (secondary N) is 1. The topological polar surface area (TPSA) is 109 Å². The number of nitrogens with two attached hydrogens (primary N) is 1. The Morgan fingerprint density at radius 3 is 2.61 bits per heavy atom. The van der Waals surface area contributed by atoms with E-state index in [1.165, 1.54) is 10.6 Å². The highest BCUT2D eigenvalue weighted by atomic mass is 35.5. The zero-order valence-corrected chi connectivity index (χ0v) is 27.5. The molecular formula is C32H30Cl3F2N7O2. The molecule has 0 bridgehead atoms. The van der Waals surface area contributed by atoms with Crippen LogP contribution < -0.4 is 21.6 Å². The molecule has 2 aromatic carbocycles. The van der Waals surface area contributed by atoms with Gasteiger partial charge in [0.1, 0.15) is 11.3 Å². The van der Waals surface area contributed by atoms with E-state index in [0.29, 0.717) is 49.5 Å². The highest BCUT2D eigenvalue weighted by Crippen LogP contribution is 2.50. The molecule has 2 aliphatic rings. The first-order valence-electron chi connectivity index (χ1n) is 14.7. The number of anilines is 3. The van der Waals surface area contributed by atoms with Crippen LogP contribution >= 0.6 is 34.8 Å². The first kappa shape index (κ1) is 32.0. The van der Waals surface area contributed by atoms with Crippen molar-refractivity contribution in [3.8, 4) is 16.8 Å². The lowest BCUT2D eigenvalue weighted by Crippen LogP contribution is -2.56. The van der Waals surface area contributed by atoms with Crippen LogP contribution in [0.2, 0.25) is 15.1 Å². The summed E-state index contributed by atoms with van der Waals surface area (Å²) in [7, 11) is 0. The molecule has 4 aromatic rings. The molecule has 46 heavy (non-hydrogen) atoms. The number of nitrogen functional groups attached to an aromatic ring is 1.